The molecule has 0 aromatic carbocycles. The minimum absolute atomic E-state index is 0.221. The second kappa shape index (κ2) is 7.22. The summed E-state index contributed by atoms with van der Waals surface area (Å²) in [4.78, 5) is 21.1. The number of aryl methyl sites for hydroxylation is 1. The zero-order valence-electron chi connectivity index (χ0n) is 13.5. The van der Waals surface area contributed by atoms with Gasteiger partial charge in [-0.15, -0.1) is 0 Å². The molecule has 122 valence electrons. The van der Waals surface area contributed by atoms with Crippen LogP contribution in [0.25, 0.3) is 0 Å². The van der Waals surface area contributed by atoms with Crippen LogP contribution in [0.5, 0.6) is 0 Å². The average Bonchev–Trinajstić information content (AvgIpc) is 3.21. The number of aromatic nitrogens is 2. The third-order valence-electron chi connectivity index (χ3n) is 4.77. The summed E-state index contributed by atoms with van der Waals surface area (Å²) in [6.45, 7) is 5.71. The van der Waals surface area contributed by atoms with E-state index in [4.69, 9.17) is 4.52 Å². The van der Waals surface area contributed by atoms with Gasteiger partial charge in [-0.1, -0.05) is 12.1 Å². The van der Waals surface area contributed by atoms with Crippen molar-refractivity contribution in [3.8, 4) is 0 Å². The Hall–Kier alpha value is -1.43. The van der Waals surface area contributed by atoms with Gasteiger partial charge in [-0.05, 0) is 38.6 Å². The van der Waals surface area contributed by atoms with E-state index < -0.39 is 0 Å². The molecule has 6 nitrogen and oxygen atoms in total. The van der Waals surface area contributed by atoms with Gasteiger partial charge in [-0.25, -0.2) is 0 Å². The lowest BCUT2D eigenvalue weighted by atomic mass is 10.1. The number of carbonyl (C=O) groups excluding carboxylic acids is 1. The molecule has 22 heavy (non-hydrogen) atoms. The molecule has 0 spiro atoms. The number of hydrogen-bond acceptors (Lipinski definition) is 5. The van der Waals surface area contributed by atoms with Crippen LogP contribution in [0.3, 0.4) is 0 Å². The Morgan fingerprint density at radius 3 is 2.77 bits per heavy atom. The highest BCUT2D eigenvalue weighted by atomic mass is 16.5. The van der Waals surface area contributed by atoms with Crippen LogP contribution < -0.4 is 0 Å². The predicted molar refractivity (Wildman–Crippen MR) is 82.3 cm³/mol. The second-order valence-corrected chi connectivity index (χ2v) is 6.29. The summed E-state index contributed by atoms with van der Waals surface area (Å²) in [7, 11) is 0. The van der Waals surface area contributed by atoms with Gasteiger partial charge in [0.1, 0.15) is 0 Å². The van der Waals surface area contributed by atoms with Crippen LogP contribution in [0.4, 0.5) is 0 Å². The lowest BCUT2D eigenvalue weighted by Crippen LogP contribution is -2.37. The Morgan fingerprint density at radius 1 is 1.23 bits per heavy atom. The highest BCUT2D eigenvalue weighted by Gasteiger charge is 2.30. The number of nitrogens with zero attached hydrogens (tertiary/aromatic N) is 4. The van der Waals surface area contributed by atoms with Crippen LogP contribution in [-0.2, 0) is 11.2 Å². The molecule has 1 aromatic rings. The minimum atomic E-state index is 0.221. The van der Waals surface area contributed by atoms with Gasteiger partial charge in [0.15, 0.2) is 5.82 Å². The van der Waals surface area contributed by atoms with Gasteiger partial charge in [0, 0.05) is 32.5 Å². The van der Waals surface area contributed by atoms with Gasteiger partial charge < -0.3 is 9.42 Å². The molecule has 0 unspecified atom stereocenters. The largest absolute Gasteiger partial charge is 0.343 e. The molecule has 6 heteroatoms. The molecular weight excluding hydrogens is 280 g/mol. The highest BCUT2D eigenvalue weighted by Crippen LogP contribution is 2.30. The average molecular weight is 306 g/mol. The van der Waals surface area contributed by atoms with E-state index in [2.05, 4.69) is 15.0 Å². The summed E-state index contributed by atoms with van der Waals surface area (Å²) in [5.74, 6) is 1.79. The first-order chi connectivity index (χ1) is 10.8. The number of carbonyl (C=O) groups is 1. The fraction of sp³-hybridized carbons (Fsp3) is 0.812. The first-order valence-electron chi connectivity index (χ1n) is 8.62. The van der Waals surface area contributed by atoms with Gasteiger partial charge in [0.2, 0.25) is 11.8 Å². The van der Waals surface area contributed by atoms with Gasteiger partial charge in [0.25, 0.3) is 0 Å². The van der Waals surface area contributed by atoms with Crippen molar-refractivity contribution in [3.05, 3.63) is 11.7 Å². The summed E-state index contributed by atoms with van der Waals surface area (Å²) in [5.41, 5.74) is 0. The molecule has 0 radical (unpaired) electrons. The lowest BCUT2D eigenvalue weighted by molar-refractivity contribution is -0.132. The maximum Gasteiger partial charge on any atom is 0.226 e. The number of amides is 1. The van der Waals surface area contributed by atoms with Gasteiger partial charge in [-0.3, -0.25) is 9.69 Å². The fourth-order valence-corrected chi connectivity index (χ4v) is 3.47. The minimum Gasteiger partial charge on any atom is -0.343 e. The zero-order valence-corrected chi connectivity index (χ0v) is 13.5. The molecule has 0 saturated carbocycles. The zero-order chi connectivity index (χ0) is 15.4. The molecule has 0 bridgehead atoms. The van der Waals surface area contributed by atoms with Crippen molar-refractivity contribution in [2.45, 2.75) is 57.9 Å². The van der Waals surface area contributed by atoms with Crippen LogP contribution in [-0.4, -0.2) is 52.0 Å². The van der Waals surface area contributed by atoms with E-state index in [1.165, 1.54) is 6.42 Å². The maximum atomic E-state index is 12.3. The molecule has 0 aliphatic carbocycles. The van der Waals surface area contributed by atoms with Crippen molar-refractivity contribution in [3.63, 3.8) is 0 Å². The quantitative estimate of drug-likeness (QED) is 0.834. The van der Waals surface area contributed by atoms with E-state index in [0.717, 1.165) is 64.1 Å². The Morgan fingerprint density at radius 2 is 2.05 bits per heavy atom. The first-order valence-corrected chi connectivity index (χ1v) is 8.62. The molecular formula is C16H26N4O2. The molecule has 0 N–H and O–H groups in total. The van der Waals surface area contributed by atoms with Crippen LogP contribution in [0, 0.1) is 0 Å². The van der Waals surface area contributed by atoms with E-state index in [9.17, 15) is 4.79 Å². The summed E-state index contributed by atoms with van der Waals surface area (Å²) < 4.78 is 5.23. The van der Waals surface area contributed by atoms with E-state index in [1.54, 1.807) is 0 Å². The summed E-state index contributed by atoms with van der Waals surface area (Å²) in [6.07, 6.45) is 7.14. The van der Waals surface area contributed by atoms with Gasteiger partial charge in [-0.2, -0.15) is 4.98 Å². The SMILES string of the molecule is CCc1nc([C@H]2CCCN2CCC(=O)N2CCCCC2)no1. The van der Waals surface area contributed by atoms with E-state index >= 15 is 0 Å². The first kappa shape index (κ1) is 15.5. The number of likely N-dealkylation sites (tertiary alicyclic amines) is 2. The van der Waals surface area contributed by atoms with Crippen molar-refractivity contribution < 1.29 is 9.32 Å². The smallest absolute Gasteiger partial charge is 0.226 e. The Labute approximate surface area is 131 Å². The Kier molecular flexibility index (Phi) is 5.08. The van der Waals surface area contributed by atoms with Crippen LogP contribution >= 0.6 is 0 Å². The maximum absolute atomic E-state index is 12.3. The molecule has 2 aliphatic heterocycles. The third-order valence-corrected chi connectivity index (χ3v) is 4.77. The van der Waals surface area contributed by atoms with Crippen molar-refractivity contribution in [2.24, 2.45) is 0 Å². The highest BCUT2D eigenvalue weighted by molar-refractivity contribution is 5.76. The molecule has 3 heterocycles. The number of hydrogen-bond donors (Lipinski definition) is 0. The van der Waals surface area contributed by atoms with Crippen molar-refractivity contribution >= 4 is 5.91 Å². The number of piperidine rings is 1. The molecule has 1 amide bonds. The monoisotopic (exact) mass is 306 g/mol. The fourth-order valence-electron chi connectivity index (χ4n) is 3.47. The van der Waals surface area contributed by atoms with E-state index in [-0.39, 0.29) is 6.04 Å². The third kappa shape index (κ3) is 3.48. The lowest BCUT2D eigenvalue weighted by Gasteiger charge is -2.28. The number of rotatable bonds is 5. The Balaban J connectivity index is 1.53. The van der Waals surface area contributed by atoms with Crippen LogP contribution in [0.2, 0.25) is 0 Å². The summed E-state index contributed by atoms with van der Waals surface area (Å²) in [5, 5.41) is 4.11. The second-order valence-electron chi connectivity index (χ2n) is 6.29. The normalized spacial score (nSPS) is 23.1. The van der Waals surface area contributed by atoms with Crippen molar-refractivity contribution in [1.82, 2.24) is 19.9 Å². The summed E-state index contributed by atoms with van der Waals surface area (Å²) >= 11 is 0. The summed E-state index contributed by atoms with van der Waals surface area (Å²) in [6, 6.07) is 0.221. The van der Waals surface area contributed by atoms with Crippen molar-refractivity contribution in [1.29, 1.82) is 0 Å². The predicted octanol–water partition coefficient (Wildman–Crippen LogP) is 2.17. The molecule has 3 rings (SSSR count). The Bertz CT molecular complexity index is 496. The standard InChI is InChI=1S/C16H26N4O2/c1-2-14-17-16(18-22-14)13-7-6-11-19(13)12-8-15(21)20-9-4-3-5-10-20/h13H,2-12H2,1H3/t13-/m1/s1. The van der Waals surface area contributed by atoms with E-state index in [1.807, 2.05) is 11.8 Å². The van der Waals surface area contributed by atoms with Crippen LogP contribution in [0.1, 0.15) is 63.2 Å². The molecule has 1 aromatic heterocycles. The molecule has 2 saturated heterocycles. The molecule has 2 aliphatic rings. The van der Waals surface area contributed by atoms with Gasteiger partial charge in [0.05, 0.1) is 6.04 Å². The molecule has 2 fully saturated rings. The van der Waals surface area contributed by atoms with Gasteiger partial charge >= 0.3 is 0 Å². The van der Waals surface area contributed by atoms with Crippen molar-refractivity contribution in [2.75, 3.05) is 26.2 Å². The van der Waals surface area contributed by atoms with Crippen LogP contribution in [0.15, 0.2) is 4.52 Å². The molecule has 1 atom stereocenters. The van der Waals surface area contributed by atoms with E-state index in [0.29, 0.717) is 18.2 Å². The topological polar surface area (TPSA) is 62.5 Å².